The summed E-state index contributed by atoms with van der Waals surface area (Å²) in [6, 6.07) is 2.15. The van der Waals surface area contributed by atoms with Crippen LogP contribution in [0.4, 0.5) is 8.78 Å². The second-order valence-electron chi connectivity index (χ2n) is 5.00. The van der Waals surface area contributed by atoms with E-state index in [4.69, 9.17) is 10.3 Å². The Labute approximate surface area is 130 Å². The topological polar surface area (TPSA) is 51.2 Å². The summed E-state index contributed by atoms with van der Waals surface area (Å²) in [5, 5.41) is 0. The van der Waals surface area contributed by atoms with E-state index >= 15 is 0 Å². The molecule has 1 atom stereocenters. The quantitative estimate of drug-likeness (QED) is 0.493. The minimum Gasteiger partial charge on any atom is -0.466 e. The number of hydrogen-bond acceptors (Lipinski definition) is 3. The molecular weight excluding hydrogens is 342 g/mol. The maximum absolute atomic E-state index is 14.1. The second-order valence-corrected chi connectivity index (χ2v) is 5.85. The largest absolute Gasteiger partial charge is 0.466 e. The molecule has 0 spiro atoms. The zero-order valence-corrected chi connectivity index (χ0v) is 13.6. The second kappa shape index (κ2) is 6.25. The molecule has 1 aromatic heterocycles. The average molecular weight is 359 g/mol. The van der Waals surface area contributed by atoms with Crippen molar-refractivity contribution in [3.05, 3.63) is 56.5 Å². The van der Waals surface area contributed by atoms with E-state index in [-0.39, 0.29) is 16.5 Å². The molecule has 0 amide bonds. The van der Waals surface area contributed by atoms with E-state index in [1.165, 1.54) is 12.1 Å². The van der Waals surface area contributed by atoms with Crippen LogP contribution in [0.3, 0.4) is 0 Å². The van der Waals surface area contributed by atoms with Gasteiger partial charge in [-0.25, -0.2) is 8.78 Å². The predicted molar refractivity (Wildman–Crippen MR) is 80.7 cm³/mol. The highest BCUT2D eigenvalue weighted by atomic mass is 79.9. The highest BCUT2D eigenvalue weighted by molar-refractivity contribution is 9.10. The molecule has 114 valence electrons. The third kappa shape index (κ3) is 3.02. The van der Waals surface area contributed by atoms with E-state index in [9.17, 15) is 8.78 Å². The van der Waals surface area contributed by atoms with Crippen molar-refractivity contribution in [3.63, 3.8) is 0 Å². The molecule has 3 nitrogen and oxygen atoms in total. The van der Waals surface area contributed by atoms with Gasteiger partial charge in [0.25, 0.3) is 0 Å². The van der Waals surface area contributed by atoms with Crippen molar-refractivity contribution in [3.8, 4) is 0 Å². The Morgan fingerprint density at radius 2 is 1.90 bits per heavy atom. The van der Waals surface area contributed by atoms with Gasteiger partial charge in [0.15, 0.2) is 0 Å². The van der Waals surface area contributed by atoms with Crippen LogP contribution in [0.15, 0.2) is 21.0 Å². The van der Waals surface area contributed by atoms with Gasteiger partial charge in [0.1, 0.15) is 23.2 Å². The first-order chi connectivity index (χ1) is 9.86. The van der Waals surface area contributed by atoms with E-state index in [0.29, 0.717) is 5.76 Å². The highest BCUT2D eigenvalue weighted by Gasteiger charge is 2.24. The summed E-state index contributed by atoms with van der Waals surface area (Å²) >= 11 is 3.07. The zero-order chi connectivity index (χ0) is 15.7. The maximum Gasteiger partial charge on any atom is 0.143 e. The number of hydrogen-bond donors (Lipinski definition) is 2. The fraction of sp³-hybridized carbons (Fsp3) is 0.333. The lowest BCUT2D eigenvalue weighted by Gasteiger charge is -2.18. The molecule has 0 aliphatic carbocycles. The lowest BCUT2D eigenvalue weighted by Crippen LogP contribution is -2.30. The number of furan rings is 1. The third-order valence-electron chi connectivity index (χ3n) is 3.71. The number of benzene rings is 1. The summed E-state index contributed by atoms with van der Waals surface area (Å²) in [5.74, 6) is 5.87. The first-order valence-electron chi connectivity index (χ1n) is 6.51. The molecule has 2 rings (SSSR count). The van der Waals surface area contributed by atoms with E-state index in [0.717, 1.165) is 16.9 Å². The fourth-order valence-electron chi connectivity index (χ4n) is 2.53. The Bertz CT molecular complexity index is 670. The van der Waals surface area contributed by atoms with Gasteiger partial charge in [-0.3, -0.25) is 11.3 Å². The molecule has 0 radical (unpaired) electrons. The number of halogens is 3. The fourth-order valence-corrected chi connectivity index (χ4v) is 2.90. The Hall–Kier alpha value is -1.24. The van der Waals surface area contributed by atoms with Crippen LogP contribution in [-0.4, -0.2) is 0 Å². The molecular formula is C15H17BrF2N2O. The number of aryl methyl sites for hydroxylation is 2. The molecule has 0 saturated carbocycles. The summed E-state index contributed by atoms with van der Waals surface area (Å²) in [6.45, 7) is 5.56. The molecule has 0 fully saturated rings. The van der Waals surface area contributed by atoms with Crippen LogP contribution >= 0.6 is 15.9 Å². The molecule has 0 aliphatic rings. The highest BCUT2D eigenvalue weighted by Crippen LogP contribution is 2.31. The summed E-state index contributed by atoms with van der Waals surface area (Å²) in [5.41, 5.74) is 4.40. The lowest BCUT2D eigenvalue weighted by atomic mass is 9.95. The molecule has 3 N–H and O–H groups in total. The van der Waals surface area contributed by atoms with E-state index in [1.54, 1.807) is 0 Å². The van der Waals surface area contributed by atoms with Crippen molar-refractivity contribution in [1.82, 2.24) is 5.43 Å². The summed E-state index contributed by atoms with van der Waals surface area (Å²) in [6.07, 6.45) is 0.0915. The van der Waals surface area contributed by atoms with Crippen LogP contribution in [0.5, 0.6) is 0 Å². The average Bonchev–Trinajstić information content (AvgIpc) is 2.69. The Morgan fingerprint density at radius 1 is 1.24 bits per heavy atom. The van der Waals surface area contributed by atoms with Gasteiger partial charge in [-0.05, 0) is 60.8 Å². The SMILES string of the molecule is Cc1oc(C)c(C(Cc2c(F)ccc(Br)c2F)NN)c1C. The van der Waals surface area contributed by atoms with Crippen molar-refractivity contribution in [2.45, 2.75) is 33.2 Å². The van der Waals surface area contributed by atoms with Crippen LogP contribution in [0.1, 0.15) is 34.3 Å². The van der Waals surface area contributed by atoms with Crippen molar-refractivity contribution >= 4 is 15.9 Å². The number of nitrogens with two attached hydrogens (primary N) is 1. The minimum atomic E-state index is -0.606. The monoisotopic (exact) mass is 358 g/mol. The predicted octanol–water partition coefficient (Wildman–Crippen LogP) is 3.99. The molecule has 21 heavy (non-hydrogen) atoms. The first-order valence-corrected chi connectivity index (χ1v) is 7.31. The van der Waals surface area contributed by atoms with Crippen molar-refractivity contribution in [2.75, 3.05) is 0 Å². The standard InChI is InChI=1S/C15H17BrF2N2O/c1-7-8(2)21-9(3)14(7)13(20-19)6-10-12(17)5-4-11(16)15(10)18/h4-5,13,20H,6,19H2,1-3H3. The molecule has 1 heterocycles. The Balaban J connectivity index is 2.43. The van der Waals surface area contributed by atoms with Gasteiger partial charge in [-0.15, -0.1) is 0 Å². The van der Waals surface area contributed by atoms with E-state index in [2.05, 4.69) is 21.4 Å². The Morgan fingerprint density at radius 3 is 2.43 bits per heavy atom. The number of rotatable bonds is 4. The van der Waals surface area contributed by atoms with Crippen molar-refractivity contribution in [1.29, 1.82) is 0 Å². The van der Waals surface area contributed by atoms with Gasteiger partial charge in [0.2, 0.25) is 0 Å². The maximum atomic E-state index is 14.1. The molecule has 6 heteroatoms. The summed E-state index contributed by atoms with van der Waals surface area (Å²) in [4.78, 5) is 0. The van der Waals surface area contributed by atoms with Gasteiger partial charge >= 0.3 is 0 Å². The van der Waals surface area contributed by atoms with Crippen LogP contribution in [-0.2, 0) is 6.42 Å². The summed E-state index contributed by atoms with van der Waals surface area (Å²) in [7, 11) is 0. The molecule has 1 unspecified atom stereocenters. The molecule has 1 aromatic carbocycles. The normalized spacial score (nSPS) is 12.7. The van der Waals surface area contributed by atoms with Gasteiger partial charge in [-0.2, -0.15) is 0 Å². The van der Waals surface area contributed by atoms with Crippen LogP contribution in [0.25, 0.3) is 0 Å². The smallest absolute Gasteiger partial charge is 0.143 e. The van der Waals surface area contributed by atoms with Gasteiger partial charge in [-0.1, -0.05) is 0 Å². The van der Waals surface area contributed by atoms with Crippen LogP contribution < -0.4 is 11.3 Å². The van der Waals surface area contributed by atoms with E-state index in [1.807, 2.05) is 20.8 Å². The van der Waals surface area contributed by atoms with Gasteiger partial charge in [0, 0.05) is 11.1 Å². The minimum absolute atomic E-state index is 0.00928. The molecule has 2 aromatic rings. The first kappa shape index (κ1) is 16.1. The van der Waals surface area contributed by atoms with Gasteiger partial charge in [0.05, 0.1) is 10.5 Å². The summed E-state index contributed by atoms with van der Waals surface area (Å²) < 4.78 is 33.8. The molecule has 0 saturated heterocycles. The van der Waals surface area contributed by atoms with Crippen molar-refractivity contribution < 1.29 is 13.2 Å². The zero-order valence-electron chi connectivity index (χ0n) is 12.1. The lowest BCUT2D eigenvalue weighted by molar-refractivity contribution is 0.472. The van der Waals surface area contributed by atoms with Gasteiger partial charge < -0.3 is 4.42 Å². The molecule has 0 bridgehead atoms. The van der Waals surface area contributed by atoms with Crippen LogP contribution in [0, 0.1) is 32.4 Å². The number of hydrazine groups is 1. The molecule has 0 aliphatic heterocycles. The van der Waals surface area contributed by atoms with Crippen LogP contribution in [0.2, 0.25) is 0 Å². The van der Waals surface area contributed by atoms with Crippen molar-refractivity contribution in [2.24, 2.45) is 5.84 Å². The van der Waals surface area contributed by atoms with E-state index < -0.39 is 17.7 Å². The Kier molecular flexibility index (Phi) is 4.81. The third-order valence-corrected chi connectivity index (χ3v) is 4.33. The number of nitrogens with one attached hydrogen (secondary N) is 1.